The minimum atomic E-state index is -3.99. The summed E-state index contributed by atoms with van der Waals surface area (Å²) in [5.41, 5.74) is 0.576. The van der Waals surface area contributed by atoms with Crippen molar-refractivity contribution in [1.29, 1.82) is 0 Å². The van der Waals surface area contributed by atoms with Crippen molar-refractivity contribution in [1.82, 2.24) is 14.3 Å². The Bertz CT molecular complexity index is 1160. The minimum Gasteiger partial charge on any atom is -0.495 e. The second-order valence-electron chi connectivity index (χ2n) is 6.81. The molecule has 2 aromatic heterocycles. The summed E-state index contributed by atoms with van der Waals surface area (Å²) in [5, 5.41) is 3.10. The number of pyridine rings is 2. The van der Waals surface area contributed by atoms with Gasteiger partial charge < -0.3 is 14.8 Å². The number of hydrogen-bond acceptors (Lipinski definition) is 7. The lowest BCUT2D eigenvalue weighted by Gasteiger charge is -2.32. The van der Waals surface area contributed by atoms with E-state index in [1.54, 1.807) is 24.4 Å². The van der Waals surface area contributed by atoms with Crippen LogP contribution in [-0.4, -0.2) is 49.5 Å². The molecule has 1 fully saturated rings. The average Bonchev–Trinajstić information content (AvgIpc) is 2.80. The number of anilines is 2. The molecule has 1 saturated heterocycles. The first-order chi connectivity index (χ1) is 15.0. The maximum atomic E-state index is 13.8. The third kappa shape index (κ3) is 4.66. The summed E-state index contributed by atoms with van der Waals surface area (Å²) in [4.78, 5) is 8.54. The summed E-state index contributed by atoms with van der Waals surface area (Å²) in [5.74, 6) is 0.633. The Labute approximate surface area is 179 Å². The zero-order valence-corrected chi connectivity index (χ0v) is 17.5. The Morgan fingerprint density at radius 2 is 2.00 bits per heavy atom. The van der Waals surface area contributed by atoms with Gasteiger partial charge in [0, 0.05) is 19.3 Å². The van der Waals surface area contributed by atoms with E-state index in [9.17, 15) is 12.8 Å². The molecule has 1 aliphatic rings. The predicted molar refractivity (Wildman–Crippen MR) is 112 cm³/mol. The van der Waals surface area contributed by atoms with Crippen LogP contribution in [0, 0.1) is 5.82 Å². The third-order valence-electron chi connectivity index (χ3n) is 4.79. The van der Waals surface area contributed by atoms with Gasteiger partial charge in [-0.2, -0.15) is 4.31 Å². The molecule has 0 spiro atoms. The average molecular weight is 444 g/mol. The van der Waals surface area contributed by atoms with Crippen LogP contribution in [0.3, 0.4) is 0 Å². The van der Waals surface area contributed by atoms with Crippen molar-refractivity contribution in [2.24, 2.45) is 0 Å². The van der Waals surface area contributed by atoms with E-state index in [-0.39, 0.29) is 30.3 Å². The number of aromatic nitrogens is 2. The lowest BCUT2D eigenvalue weighted by molar-refractivity contribution is -0.00490. The Kier molecular flexibility index (Phi) is 6.12. The van der Waals surface area contributed by atoms with Gasteiger partial charge in [-0.25, -0.2) is 22.8 Å². The fourth-order valence-electron chi connectivity index (χ4n) is 3.28. The topological polar surface area (TPSA) is 93.7 Å². The molecule has 0 radical (unpaired) electrons. The SMILES string of the molecule is COc1ccc(F)cc1S(=O)(=O)N1CCOC(c2cccc(Nc3ccccn3)n2)C1. The van der Waals surface area contributed by atoms with Gasteiger partial charge in [-0.05, 0) is 42.5 Å². The van der Waals surface area contributed by atoms with E-state index < -0.39 is 21.9 Å². The number of morpholine rings is 1. The monoisotopic (exact) mass is 444 g/mol. The van der Waals surface area contributed by atoms with Crippen LogP contribution in [0.15, 0.2) is 65.7 Å². The predicted octanol–water partition coefficient (Wildman–Crippen LogP) is 3.13. The highest BCUT2D eigenvalue weighted by molar-refractivity contribution is 7.89. The molecule has 3 aromatic rings. The van der Waals surface area contributed by atoms with Crippen LogP contribution in [0.25, 0.3) is 0 Å². The van der Waals surface area contributed by atoms with Crippen LogP contribution in [-0.2, 0) is 14.8 Å². The van der Waals surface area contributed by atoms with Gasteiger partial charge in [-0.3, -0.25) is 0 Å². The lowest BCUT2D eigenvalue weighted by Crippen LogP contribution is -2.42. The molecule has 162 valence electrons. The molecule has 0 aliphatic carbocycles. The molecule has 0 bridgehead atoms. The molecule has 0 amide bonds. The maximum Gasteiger partial charge on any atom is 0.247 e. The van der Waals surface area contributed by atoms with Gasteiger partial charge in [0.2, 0.25) is 10.0 Å². The molecule has 1 atom stereocenters. The second kappa shape index (κ2) is 8.96. The van der Waals surface area contributed by atoms with Crippen molar-refractivity contribution in [2.45, 2.75) is 11.0 Å². The number of rotatable bonds is 6. The molecule has 1 N–H and O–H groups in total. The number of nitrogens with zero attached hydrogens (tertiary/aromatic N) is 3. The first kappa shape index (κ1) is 21.2. The Hall–Kier alpha value is -3.08. The second-order valence-corrected chi connectivity index (χ2v) is 8.71. The van der Waals surface area contributed by atoms with Crippen LogP contribution in [0.1, 0.15) is 11.8 Å². The van der Waals surface area contributed by atoms with Crippen molar-refractivity contribution in [3.8, 4) is 5.75 Å². The van der Waals surface area contributed by atoms with Crippen molar-refractivity contribution >= 4 is 21.7 Å². The van der Waals surface area contributed by atoms with E-state index in [4.69, 9.17) is 9.47 Å². The number of hydrogen-bond donors (Lipinski definition) is 1. The first-order valence-electron chi connectivity index (χ1n) is 9.57. The Balaban J connectivity index is 1.56. The first-order valence-corrected chi connectivity index (χ1v) is 11.0. The summed E-state index contributed by atoms with van der Waals surface area (Å²) in [6.45, 7) is 0.369. The number of nitrogens with one attached hydrogen (secondary N) is 1. The highest BCUT2D eigenvalue weighted by atomic mass is 32.2. The van der Waals surface area contributed by atoms with Gasteiger partial charge in [0.05, 0.1) is 19.4 Å². The van der Waals surface area contributed by atoms with Crippen molar-refractivity contribution < 1.29 is 22.3 Å². The molecule has 4 rings (SSSR count). The quantitative estimate of drug-likeness (QED) is 0.624. The molecule has 1 aromatic carbocycles. The molecule has 8 nitrogen and oxygen atoms in total. The summed E-state index contributed by atoms with van der Waals surface area (Å²) >= 11 is 0. The lowest BCUT2D eigenvalue weighted by atomic mass is 10.2. The highest BCUT2D eigenvalue weighted by Gasteiger charge is 2.34. The maximum absolute atomic E-state index is 13.8. The minimum absolute atomic E-state index is 0.0437. The number of methoxy groups -OCH3 is 1. The summed E-state index contributed by atoms with van der Waals surface area (Å²) in [6.07, 6.45) is 1.09. The van der Waals surface area contributed by atoms with E-state index in [0.29, 0.717) is 17.3 Å². The standard InChI is InChI=1S/C21H21FN4O4S/c1-29-17-9-8-15(22)13-19(17)31(27,28)26-11-12-30-18(14-26)16-5-4-7-21(24-16)25-20-6-2-3-10-23-20/h2-10,13,18H,11-12,14H2,1H3,(H,23,24,25). The molecule has 31 heavy (non-hydrogen) atoms. The van der Waals surface area contributed by atoms with Gasteiger partial charge in [0.25, 0.3) is 0 Å². The van der Waals surface area contributed by atoms with Gasteiger partial charge in [0.15, 0.2) is 0 Å². The fourth-order valence-corrected chi connectivity index (χ4v) is 4.87. The van der Waals surface area contributed by atoms with Crippen molar-refractivity contribution in [3.05, 3.63) is 72.3 Å². The van der Waals surface area contributed by atoms with Crippen LogP contribution < -0.4 is 10.1 Å². The summed E-state index contributed by atoms with van der Waals surface area (Å²) < 4.78 is 52.3. The highest BCUT2D eigenvalue weighted by Crippen LogP contribution is 2.31. The van der Waals surface area contributed by atoms with Gasteiger partial charge >= 0.3 is 0 Å². The van der Waals surface area contributed by atoms with Crippen molar-refractivity contribution in [2.75, 3.05) is 32.1 Å². The van der Waals surface area contributed by atoms with Crippen molar-refractivity contribution in [3.63, 3.8) is 0 Å². The van der Waals surface area contributed by atoms with Crippen LogP contribution in [0.4, 0.5) is 16.0 Å². The van der Waals surface area contributed by atoms with Crippen LogP contribution >= 0.6 is 0 Å². The number of halogens is 1. The molecular weight excluding hydrogens is 423 g/mol. The molecule has 1 aliphatic heterocycles. The summed E-state index contributed by atoms with van der Waals surface area (Å²) in [7, 11) is -2.65. The zero-order chi connectivity index (χ0) is 21.8. The van der Waals surface area contributed by atoms with E-state index in [0.717, 1.165) is 12.1 Å². The van der Waals surface area contributed by atoms with Gasteiger partial charge in [0.1, 0.15) is 34.2 Å². The molecule has 10 heteroatoms. The van der Waals surface area contributed by atoms with Crippen LogP contribution in [0.2, 0.25) is 0 Å². The third-order valence-corrected chi connectivity index (χ3v) is 6.68. The number of sulfonamides is 1. The Morgan fingerprint density at radius 3 is 2.77 bits per heavy atom. The number of benzene rings is 1. The van der Waals surface area contributed by atoms with E-state index >= 15 is 0 Å². The fraction of sp³-hybridized carbons (Fsp3) is 0.238. The molecule has 1 unspecified atom stereocenters. The van der Waals surface area contributed by atoms with E-state index in [2.05, 4.69) is 15.3 Å². The Morgan fingerprint density at radius 1 is 1.16 bits per heavy atom. The van der Waals surface area contributed by atoms with E-state index in [1.165, 1.54) is 17.5 Å². The largest absolute Gasteiger partial charge is 0.495 e. The molecule has 3 heterocycles. The van der Waals surface area contributed by atoms with Gasteiger partial charge in [-0.15, -0.1) is 0 Å². The van der Waals surface area contributed by atoms with Gasteiger partial charge in [-0.1, -0.05) is 12.1 Å². The van der Waals surface area contributed by atoms with Crippen LogP contribution in [0.5, 0.6) is 5.75 Å². The zero-order valence-electron chi connectivity index (χ0n) is 16.7. The normalized spacial score (nSPS) is 17.3. The molecular formula is C21H21FN4O4S. The molecule has 0 saturated carbocycles. The van der Waals surface area contributed by atoms with E-state index in [1.807, 2.05) is 18.2 Å². The smallest absolute Gasteiger partial charge is 0.247 e. The number of ether oxygens (including phenoxy) is 2. The summed E-state index contributed by atoms with van der Waals surface area (Å²) in [6, 6.07) is 14.3.